The van der Waals surface area contributed by atoms with Gasteiger partial charge in [0, 0.05) is 12.1 Å². The summed E-state index contributed by atoms with van der Waals surface area (Å²) in [5.74, 6) is 0.413. The second-order valence-corrected chi connectivity index (χ2v) is 2.98. The summed E-state index contributed by atoms with van der Waals surface area (Å²) in [6.07, 6.45) is 9.13. The zero-order valence-corrected chi connectivity index (χ0v) is 6.66. The van der Waals surface area contributed by atoms with Crippen LogP contribution in [0.2, 0.25) is 0 Å². The van der Waals surface area contributed by atoms with E-state index < -0.39 is 0 Å². The second-order valence-electron chi connectivity index (χ2n) is 2.98. The number of allylic oxidation sites excluding steroid dienone is 3. The Morgan fingerprint density at radius 3 is 3.08 bits per heavy atom. The van der Waals surface area contributed by atoms with E-state index >= 15 is 0 Å². The lowest BCUT2D eigenvalue weighted by Crippen LogP contribution is -2.15. The van der Waals surface area contributed by atoms with Crippen LogP contribution < -0.4 is 5.43 Å². The fourth-order valence-corrected chi connectivity index (χ4v) is 1.08. The second kappa shape index (κ2) is 2.93. The van der Waals surface area contributed by atoms with Crippen molar-refractivity contribution >= 4 is 11.5 Å². The van der Waals surface area contributed by atoms with Crippen LogP contribution in [-0.4, -0.2) is 11.5 Å². The fraction of sp³-hybridized carbons (Fsp3) is 0.333. The monoisotopic (exact) mass is 162 g/mol. The highest BCUT2D eigenvalue weighted by Gasteiger charge is 2.31. The van der Waals surface area contributed by atoms with Crippen molar-refractivity contribution < 1.29 is 4.79 Å². The van der Waals surface area contributed by atoms with Gasteiger partial charge >= 0.3 is 0 Å². The Morgan fingerprint density at radius 2 is 2.33 bits per heavy atom. The van der Waals surface area contributed by atoms with Crippen molar-refractivity contribution in [3.8, 4) is 0 Å². The number of carbonyl (C=O) groups is 1. The molecule has 1 N–H and O–H groups in total. The fourth-order valence-electron chi connectivity index (χ4n) is 1.08. The molecule has 0 radical (unpaired) electrons. The molecule has 1 fully saturated rings. The average molecular weight is 162 g/mol. The van der Waals surface area contributed by atoms with E-state index in [-0.39, 0.29) is 11.7 Å². The van der Waals surface area contributed by atoms with E-state index in [9.17, 15) is 4.79 Å². The molecule has 2 aliphatic rings. The van der Waals surface area contributed by atoms with Crippen LogP contribution >= 0.6 is 0 Å². The first-order valence-corrected chi connectivity index (χ1v) is 4.08. The molecular formula is C9H10N2O. The maximum atomic E-state index is 11.5. The zero-order chi connectivity index (χ0) is 8.39. The number of hydrogen-bond donors (Lipinski definition) is 1. The molecule has 0 amide bonds. The van der Waals surface area contributed by atoms with Gasteiger partial charge < -0.3 is 0 Å². The van der Waals surface area contributed by atoms with Crippen LogP contribution in [0.25, 0.3) is 0 Å². The van der Waals surface area contributed by atoms with E-state index in [1.165, 1.54) is 0 Å². The Labute approximate surface area is 70.8 Å². The number of nitrogens with one attached hydrogen (secondary N) is 1. The van der Waals surface area contributed by atoms with Gasteiger partial charge in [-0.2, -0.15) is 5.10 Å². The molecule has 0 aromatic heterocycles. The summed E-state index contributed by atoms with van der Waals surface area (Å²) < 4.78 is 0. The molecule has 0 bridgehead atoms. The van der Waals surface area contributed by atoms with Gasteiger partial charge in [-0.25, -0.2) is 0 Å². The highest BCUT2D eigenvalue weighted by atomic mass is 16.1. The number of hydrogen-bond acceptors (Lipinski definition) is 3. The van der Waals surface area contributed by atoms with E-state index in [0.29, 0.717) is 5.71 Å². The number of nitrogens with zero attached hydrogens (tertiary/aromatic N) is 1. The molecule has 1 aliphatic heterocycles. The molecule has 0 unspecified atom stereocenters. The highest BCUT2D eigenvalue weighted by molar-refractivity contribution is 6.45. The molecule has 62 valence electrons. The first-order valence-electron chi connectivity index (χ1n) is 4.08. The minimum atomic E-state index is 0.169. The largest absolute Gasteiger partial charge is 0.292 e. The number of ketones is 1. The van der Waals surface area contributed by atoms with Gasteiger partial charge in [-0.3, -0.25) is 10.2 Å². The van der Waals surface area contributed by atoms with Crippen molar-refractivity contribution in [2.24, 2.45) is 11.0 Å². The third kappa shape index (κ3) is 1.44. The van der Waals surface area contributed by atoms with Gasteiger partial charge in [-0.1, -0.05) is 6.08 Å². The Kier molecular flexibility index (Phi) is 1.78. The summed E-state index contributed by atoms with van der Waals surface area (Å²) in [6, 6.07) is 0. The maximum absolute atomic E-state index is 11.5. The van der Waals surface area contributed by atoms with Gasteiger partial charge in [0.05, 0.1) is 0 Å². The molecule has 1 saturated carbocycles. The van der Waals surface area contributed by atoms with Crippen molar-refractivity contribution in [2.75, 3.05) is 0 Å². The van der Waals surface area contributed by atoms with Crippen molar-refractivity contribution in [3.63, 3.8) is 0 Å². The van der Waals surface area contributed by atoms with Crippen LogP contribution in [0.1, 0.15) is 12.8 Å². The Morgan fingerprint density at radius 1 is 1.50 bits per heavy atom. The third-order valence-electron chi connectivity index (χ3n) is 1.92. The van der Waals surface area contributed by atoms with Crippen molar-refractivity contribution in [2.45, 2.75) is 12.8 Å². The lowest BCUT2D eigenvalue weighted by molar-refractivity contribution is -0.113. The number of rotatable bonds is 2. The van der Waals surface area contributed by atoms with Gasteiger partial charge in [0.2, 0.25) is 0 Å². The summed E-state index contributed by atoms with van der Waals surface area (Å²) in [6.45, 7) is 0. The van der Waals surface area contributed by atoms with E-state index in [1.54, 1.807) is 12.3 Å². The molecule has 12 heavy (non-hydrogen) atoms. The zero-order valence-electron chi connectivity index (χ0n) is 6.66. The van der Waals surface area contributed by atoms with Crippen LogP contribution in [0.3, 0.4) is 0 Å². The number of hydrazone groups is 1. The molecule has 1 heterocycles. The summed E-state index contributed by atoms with van der Waals surface area (Å²) in [5, 5.41) is 3.93. The molecular weight excluding hydrogens is 152 g/mol. The smallest absolute Gasteiger partial charge is 0.186 e. The van der Waals surface area contributed by atoms with E-state index in [0.717, 1.165) is 12.8 Å². The lowest BCUT2D eigenvalue weighted by Gasteiger charge is -1.95. The standard InChI is InChI=1S/C9H10N2O/c12-9(7-4-5-7)8-3-1-2-6-10-11-8/h1-3,6-7,10H,4-5H2. The Bertz CT molecular complexity index is 285. The Balaban J connectivity index is 2.11. The minimum absolute atomic E-state index is 0.169. The van der Waals surface area contributed by atoms with Crippen LogP contribution in [0, 0.1) is 5.92 Å². The summed E-state index contributed by atoms with van der Waals surface area (Å²) >= 11 is 0. The molecule has 0 aromatic carbocycles. The quantitative estimate of drug-likeness (QED) is 0.658. The SMILES string of the molecule is O=C(C1=NNC=CC=C1)C1CC1. The van der Waals surface area contributed by atoms with Crippen molar-refractivity contribution in [3.05, 3.63) is 24.4 Å². The van der Waals surface area contributed by atoms with Crippen LogP contribution in [0.15, 0.2) is 29.5 Å². The maximum Gasteiger partial charge on any atom is 0.186 e. The van der Waals surface area contributed by atoms with Gasteiger partial charge in [0.25, 0.3) is 0 Å². The highest BCUT2D eigenvalue weighted by Crippen LogP contribution is 2.30. The number of carbonyl (C=O) groups excluding carboxylic acids is 1. The topological polar surface area (TPSA) is 41.5 Å². The predicted octanol–water partition coefficient (Wildman–Crippen LogP) is 0.995. The van der Waals surface area contributed by atoms with Crippen LogP contribution in [0.4, 0.5) is 0 Å². The van der Waals surface area contributed by atoms with Crippen LogP contribution in [-0.2, 0) is 4.79 Å². The van der Waals surface area contributed by atoms with Gasteiger partial charge in [-0.15, -0.1) is 0 Å². The molecule has 0 aromatic rings. The van der Waals surface area contributed by atoms with E-state index in [1.807, 2.05) is 12.2 Å². The molecule has 1 aliphatic carbocycles. The summed E-state index contributed by atoms with van der Waals surface area (Å²) in [4.78, 5) is 11.5. The van der Waals surface area contributed by atoms with E-state index in [2.05, 4.69) is 10.5 Å². The van der Waals surface area contributed by atoms with Gasteiger partial charge in [0.1, 0.15) is 5.71 Å². The first-order chi connectivity index (χ1) is 5.88. The van der Waals surface area contributed by atoms with Crippen LogP contribution in [0.5, 0.6) is 0 Å². The predicted molar refractivity (Wildman–Crippen MR) is 46.6 cm³/mol. The molecule has 2 rings (SSSR count). The van der Waals surface area contributed by atoms with Crippen molar-refractivity contribution in [1.82, 2.24) is 5.43 Å². The van der Waals surface area contributed by atoms with Gasteiger partial charge in [-0.05, 0) is 25.0 Å². The average Bonchev–Trinajstić information content (AvgIpc) is 2.92. The molecule has 0 saturated heterocycles. The normalized spacial score (nSPS) is 21.2. The summed E-state index contributed by atoms with van der Waals surface area (Å²) in [5.41, 5.74) is 3.23. The summed E-state index contributed by atoms with van der Waals surface area (Å²) in [7, 11) is 0. The minimum Gasteiger partial charge on any atom is -0.292 e. The van der Waals surface area contributed by atoms with Crippen molar-refractivity contribution in [1.29, 1.82) is 0 Å². The molecule has 3 nitrogen and oxygen atoms in total. The first kappa shape index (κ1) is 7.28. The van der Waals surface area contributed by atoms with E-state index in [4.69, 9.17) is 0 Å². The molecule has 0 spiro atoms. The number of Topliss-reactive ketones (excluding diaryl/α,β-unsaturated/α-hetero) is 1. The lowest BCUT2D eigenvalue weighted by atomic mass is 10.1. The third-order valence-corrected chi connectivity index (χ3v) is 1.92. The van der Waals surface area contributed by atoms with Gasteiger partial charge in [0.15, 0.2) is 5.78 Å². The Hall–Kier alpha value is -1.38. The molecule has 0 atom stereocenters. The molecule has 3 heteroatoms.